The lowest BCUT2D eigenvalue weighted by molar-refractivity contribution is 1.39. The molecule has 2 N–H and O–H groups in total. The fourth-order valence-electron chi connectivity index (χ4n) is 20.2. The number of rotatable bonds is 12. The van der Waals surface area contributed by atoms with E-state index in [0.29, 0.717) is 0 Å². The number of aromatic amines is 2. The maximum absolute atomic E-state index is 6.76. The lowest BCUT2D eigenvalue weighted by Gasteiger charge is -2.14. The summed E-state index contributed by atoms with van der Waals surface area (Å²) in [6.45, 7) is 0. The van der Waals surface area contributed by atoms with E-state index in [2.05, 4.69) is 471 Å². The van der Waals surface area contributed by atoms with E-state index in [1.165, 1.54) is 0 Å². The third kappa shape index (κ3) is 12.8. The molecule has 20 aromatic carbocycles. The summed E-state index contributed by atoms with van der Waals surface area (Å²) in [5.74, 6) is 0. The van der Waals surface area contributed by atoms with Gasteiger partial charge in [-0.3, -0.25) is 0 Å². The second-order valence-corrected chi connectivity index (χ2v) is 34.0. The van der Waals surface area contributed by atoms with Gasteiger partial charge in [-0.15, -0.1) is 0 Å². The fourth-order valence-corrected chi connectivity index (χ4v) is 20.2. The molecule has 0 atom stereocenters. The van der Waals surface area contributed by atoms with Gasteiger partial charge in [0.25, 0.3) is 0 Å². The molecule has 2 aromatic heterocycles. The molecule has 25 rings (SSSR count). The summed E-state index contributed by atoms with van der Waals surface area (Å²) in [5.41, 5.74) is 36.0. The van der Waals surface area contributed by atoms with Crippen LogP contribution in [0.5, 0.6) is 0 Å². The average Bonchev–Trinajstić information content (AvgIpc) is 1.54. The summed E-state index contributed by atoms with van der Waals surface area (Å²) in [6, 6.07) is 171. The first-order valence-electron chi connectivity index (χ1n) is 44.0. The molecule has 4 heteroatoms. The fraction of sp³-hybridized carbons (Fsp3) is 0. The zero-order chi connectivity index (χ0) is 84.3. The average molecular weight is 1620 g/mol. The van der Waals surface area contributed by atoms with Crippen LogP contribution in [0.2, 0.25) is 0 Å². The Kier molecular flexibility index (Phi) is 17.6. The number of nitrogens with one attached hydrogen (secondary N) is 2. The van der Waals surface area contributed by atoms with Crippen molar-refractivity contribution in [3.63, 3.8) is 0 Å². The molecule has 4 nitrogen and oxygen atoms in total. The predicted molar refractivity (Wildman–Crippen MR) is 540 cm³/mol. The molecular formula is C124H78N4. The van der Waals surface area contributed by atoms with Crippen LogP contribution in [0.3, 0.4) is 0 Å². The van der Waals surface area contributed by atoms with E-state index in [4.69, 9.17) is 9.97 Å². The van der Waals surface area contributed by atoms with Crippen LogP contribution >= 0.6 is 0 Å². The first kappa shape index (κ1) is 73.8. The number of nitrogens with zero attached hydrogens (tertiary/aromatic N) is 2. The number of aromatic nitrogens is 4. The Balaban J connectivity index is 0.994. The molecule has 594 valence electrons. The quantitative estimate of drug-likeness (QED) is 0.128. The van der Waals surface area contributed by atoms with Gasteiger partial charge in [0.2, 0.25) is 0 Å². The van der Waals surface area contributed by atoms with Crippen molar-refractivity contribution in [1.82, 2.24) is 19.9 Å². The Hall–Kier alpha value is -16.9. The van der Waals surface area contributed by atoms with E-state index in [1.807, 2.05) is 0 Å². The molecule has 2 aliphatic heterocycles. The molecule has 0 saturated heterocycles. The van der Waals surface area contributed by atoms with Crippen LogP contribution in [0, 0.1) is 0 Å². The van der Waals surface area contributed by atoms with Crippen LogP contribution in [0.1, 0.15) is 0 Å². The van der Waals surface area contributed by atoms with Gasteiger partial charge in [0.15, 0.2) is 0 Å². The van der Waals surface area contributed by atoms with Crippen molar-refractivity contribution in [1.29, 1.82) is 0 Å². The van der Waals surface area contributed by atoms with Gasteiger partial charge in [0.05, 0.1) is 44.8 Å². The van der Waals surface area contributed by atoms with E-state index < -0.39 is 0 Å². The highest BCUT2D eigenvalue weighted by Crippen LogP contribution is 2.56. The molecule has 0 spiro atoms. The monoisotopic (exact) mass is 1620 g/mol. The Labute approximate surface area is 741 Å². The maximum atomic E-state index is 6.76. The molecule has 0 amide bonds. The standard InChI is InChI=1S/C124H78N4/c1-9-33-77(34-10-1)93-57-94(78-35-11-2-12-36-78)62-101(61-93)113-117-105-69-85-49-25-27-51-87(85)71-107(105)119(125-117)114(102-63-95(79-37-13-3-14-38-79)58-96(64-102)80-39-15-4-16-40-80)121-109-73-89-53-29-31-55-91(89)75-111(109)123(127-121)116(104-67-99(83-45-21-7-22-46-83)60-100(68-104)84-47-23-8-24-48-84)124-112-76-92-56-32-30-54-90(92)74-110(112)122(128-124)115(120-108-72-88-52-28-26-50-86(88)70-106(108)118(113)126-120)103-65-97(81-41-17-5-18-42-81)59-98(66-103)82-43-19-6-20-44-82/h1-76,125,128H. The molecule has 0 saturated carbocycles. The molecule has 0 unspecified atom stereocenters. The second-order valence-electron chi connectivity index (χ2n) is 34.0. The molecule has 3 aliphatic rings. The van der Waals surface area contributed by atoms with Crippen LogP contribution in [0.4, 0.5) is 0 Å². The van der Waals surface area contributed by atoms with Crippen molar-refractivity contribution in [3.8, 4) is 179 Å². The number of H-pyrrole nitrogens is 2. The van der Waals surface area contributed by atoms with Gasteiger partial charge in [0.1, 0.15) is 0 Å². The van der Waals surface area contributed by atoms with Gasteiger partial charge in [-0.1, -0.05) is 340 Å². The third-order valence-corrected chi connectivity index (χ3v) is 26.3. The van der Waals surface area contributed by atoms with Gasteiger partial charge < -0.3 is 9.97 Å². The molecule has 8 bridgehead atoms. The van der Waals surface area contributed by atoms with Gasteiger partial charge in [-0.25, -0.2) is 9.97 Å². The summed E-state index contributed by atoms with van der Waals surface area (Å²) < 4.78 is 0. The highest BCUT2D eigenvalue weighted by molar-refractivity contribution is 6.26. The first-order chi connectivity index (χ1) is 63.4. The van der Waals surface area contributed by atoms with Crippen molar-refractivity contribution >= 4 is 86.7 Å². The smallest absolute Gasteiger partial charge is 0.0816 e. The van der Waals surface area contributed by atoms with E-state index in [0.717, 1.165) is 265 Å². The SMILES string of the molecule is c1ccc(-c2cc(-c3ccccc3)cc(-c3c4nc(c(-c5cc(-c6ccccc6)cc(-c6ccccc6)c5)c5[nH]c(c(-c6cc(-c7ccccc7)cc(-c7ccccc7)c6)c6nc(c(-c7cc(-c8ccccc8)cc(-c8ccccc8)c7)c7[nH]c3c3cc8ccccc8cc73)-c3cc7ccccc7cc3-6)c3cc6ccccc6cc53)-c3cc5ccccc5cc3-4)c2)cc1. The minimum atomic E-state index is 0.824. The van der Waals surface area contributed by atoms with Crippen LogP contribution in [0.15, 0.2) is 461 Å². The summed E-state index contributed by atoms with van der Waals surface area (Å²) in [4.78, 5) is 22.8. The maximum Gasteiger partial charge on any atom is 0.0816 e. The van der Waals surface area contributed by atoms with Gasteiger partial charge in [0, 0.05) is 66.1 Å². The van der Waals surface area contributed by atoms with E-state index >= 15 is 0 Å². The lowest BCUT2D eigenvalue weighted by Crippen LogP contribution is -1.91. The van der Waals surface area contributed by atoms with Crippen molar-refractivity contribution < 1.29 is 0 Å². The molecule has 22 aromatic rings. The summed E-state index contributed by atoms with van der Waals surface area (Å²) in [6.07, 6.45) is 0. The number of fused-ring (bicyclic) bond motifs is 4. The molecule has 0 fully saturated rings. The van der Waals surface area contributed by atoms with Gasteiger partial charge in [-0.05, 0) is 276 Å². The first-order valence-corrected chi connectivity index (χ1v) is 44.0. The highest BCUT2D eigenvalue weighted by atomic mass is 14.8. The van der Waals surface area contributed by atoms with E-state index in [-0.39, 0.29) is 0 Å². The molecule has 1 aliphatic carbocycles. The second kappa shape index (κ2) is 30.5. The van der Waals surface area contributed by atoms with Crippen LogP contribution in [0.25, 0.3) is 265 Å². The van der Waals surface area contributed by atoms with E-state index in [9.17, 15) is 0 Å². The van der Waals surface area contributed by atoms with Gasteiger partial charge >= 0.3 is 0 Å². The van der Waals surface area contributed by atoms with Crippen LogP contribution in [-0.2, 0) is 0 Å². The minimum absolute atomic E-state index is 0.824. The van der Waals surface area contributed by atoms with Gasteiger partial charge in [-0.2, -0.15) is 0 Å². The zero-order valence-electron chi connectivity index (χ0n) is 69.8. The van der Waals surface area contributed by atoms with Crippen LogP contribution in [-0.4, -0.2) is 19.9 Å². The third-order valence-electron chi connectivity index (χ3n) is 26.3. The number of hydrogen-bond donors (Lipinski definition) is 2. The van der Waals surface area contributed by atoms with Crippen molar-refractivity contribution in [3.05, 3.63) is 461 Å². The topological polar surface area (TPSA) is 57.4 Å². The summed E-state index contributed by atoms with van der Waals surface area (Å²) in [7, 11) is 0. The Morgan fingerprint density at radius 3 is 0.430 bits per heavy atom. The van der Waals surface area contributed by atoms with E-state index in [1.54, 1.807) is 0 Å². The minimum Gasteiger partial charge on any atom is -0.353 e. The molecular weight excluding hydrogens is 1550 g/mol. The van der Waals surface area contributed by atoms with Crippen molar-refractivity contribution in [2.45, 2.75) is 0 Å². The number of hydrogen-bond acceptors (Lipinski definition) is 2. The molecule has 128 heavy (non-hydrogen) atoms. The predicted octanol–water partition coefficient (Wildman–Crippen LogP) is 33.9. The molecule has 0 radical (unpaired) electrons. The van der Waals surface area contributed by atoms with Crippen LogP contribution < -0.4 is 0 Å². The zero-order valence-corrected chi connectivity index (χ0v) is 69.8. The normalized spacial score (nSPS) is 11.8. The number of benzene rings is 20. The Morgan fingerprint density at radius 1 is 0.125 bits per heavy atom. The Bertz CT molecular complexity index is 7390. The summed E-state index contributed by atoms with van der Waals surface area (Å²) in [5, 5.41) is 12.9. The van der Waals surface area contributed by atoms with Crippen molar-refractivity contribution in [2.75, 3.05) is 0 Å². The Morgan fingerprint density at radius 2 is 0.266 bits per heavy atom. The highest BCUT2D eigenvalue weighted by Gasteiger charge is 2.33. The summed E-state index contributed by atoms with van der Waals surface area (Å²) >= 11 is 0. The molecule has 4 heterocycles. The lowest BCUT2D eigenvalue weighted by atomic mass is 9.88. The largest absolute Gasteiger partial charge is 0.353 e. The van der Waals surface area contributed by atoms with Crippen molar-refractivity contribution in [2.24, 2.45) is 0 Å².